The molecule has 0 aromatic rings. The molecule has 5 aliphatic heterocycles. The minimum atomic E-state index is -0.0409. The second-order valence-corrected chi connectivity index (χ2v) is 28.9. The molecule has 0 radical (unpaired) electrons. The van der Waals surface area contributed by atoms with E-state index >= 15 is 0 Å². The van der Waals surface area contributed by atoms with Gasteiger partial charge in [0.2, 0.25) is 0 Å². The van der Waals surface area contributed by atoms with Gasteiger partial charge in [-0.1, -0.05) is 130 Å². The zero-order valence-corrected chi connectivity index (χ0v) is 49.6. The van der Waals surface area contributed by atoms with Crippen LogP contribution in [0, 0.1) is 101 Å². The highest BCUT2D eigenvalue weighted by atomic mass is 16.5. The van der Waals surface area contributed by atoms with E-state index in [-0.39, 0.29) is 128 Å². The van der Waals surface area contributed by atoms with Gasteiger partial charge in [-0.15, -0.1) is 0 Å². The van der Waals surface area contributed by atoms with E-state index < -0.39 is 0 Å². The van der Waals surface area contributed by atoms with Crippen LogP contribution in [0.4, 0.5) is 0 Å². The van der Waals surface area contributed by atoms with E-state index in [4.69, 9.17) is 18.9 Å². The van der Waals surface area contributed by atoms with Gasteiger partial charge in [-0.3, -0.25) is 42.5 Å². The molecule has 9 aliphatic rings. The molecule has 13 heteroatoms. The smallest absolute Gasteiger partial charge is 0.0653 e. The topological polar surface area (TPSA) is 153 Å². The zero-order valence-electron chi connectivity index (χ0n) is 49.6. The van der Waals surface area contributed by atoms with Crippen LogP contribution in [0.2, 0.25) is 0 Å². The minimum Gasteiger partial charge on any atom is -0.396 e. The number of aliphatic hydroxyl groups is 1. The first kappa shape index (κ1) is 58.1. The van der Waals surface area contributed by atoms with Gasteiger partial charge in [-0.25, -0.2) is 0 Å². The predicted molar refractivity (Wildman–Crippen MR) is 298 cm³/mol. The van der Waals surface area contributed by atoms with Crippen molar-refractivity contribution >= 4 is 0 Å². The monoisotopic (exact) mass is 1040 g/mol. The molecule has 0 aromatic carbocycles. The van der Waals surface area contributed by atoms with E-state index in [1.807, 2.05) is 0 Å². The van der Waals surface area contributed by atoms with Gasteiger partial charge in [0.15, 0.2) is 0 Å². The summed E-state index contributed by atoms with van der Waals surface area (Å²) in [6.45, 7) is 37.7. The molecule has 0 aromatic heterocycles. The third-order valence-electron chi connectivity index (χ3n) is 21.0. The number of rotatable bonds is 17. The van der Waals surface area contributed by atoms with E-state index in [2.05, 4.69) is 153 Å². The van der Waals surface area contributed by atoms with Crippen molar-refractivity contribution in [1.29, 1.82) is 0 Å². The standard InChI is InChI=1S/C61H114N8O5/c1-29(2)50(30(3)4)71-41-23-17-20-38-46(41)58-62-54(38)63-59-47-39(21-18-24-42(47)72-51(31(5)6)32(7)8)56(65-59)67-61-49-44(74-53(35(13)14)36(15)16)27-26-37(28-70)45(49)57(69-61)68-60-48-40(55(64-58)66-60)22-19-25-43(48)73-52(33(9)10)34(11)12/h29-70H,17-28H2,1-16H3. The highest BCUT2D eigenvalue weighted by Crippen LogP contribution is 2.50. The maximum Gasteiger partial charge on any atom is 0.0653 e. The van der Waals surface area contributed by atoms with Crippen molar-refractivity contribution in [2.75, 3.05) is 6.61 Å². The minimum absolute atomic E-state index is 0.00700. The maximum absolute atomic E-state index is 11.5. The molecule has 428 valence electrons. The normalized spacial score (nSPS) is 42.7. The molecular formula is C61H114N8O5. The molecule has 5 saturated heterocycles. The Labute approximate surface area is 451 Å². The van der Waals surface area contributed by atoms with Crippen LogP contribution in [0.5, 0.6) is 0 Å². The lowest BCUT2D eigenvalue weighted by molar-refractivity contribution is -0.124. The van der Waals surface area contributed by atoms with Crippen LogP contribution in [-0.2, 0) is 18.9 Å². The Morgan fingerprint density at radius 1 is 0.297 bits per heavy atom. The summed E-state index contributed by atoms with van der Waals surface area (Å²) in [4.78, 5) is 0. The van der Waals surface area contributed by atoms with E-state index in [1.54, 1.807) is 0 Å². The molecule has 74 heavy (non-hydrogen) atoms. The van der Waals surface area contributed by atoms with Crippen LogP contribution in [0.25, 0.3) is 0 Å². The molecule has 13 nitrogen and oxygen atoms in total. The van der Waals surface area contributed by atoms with Gasteiger partial charge in [0.1, 0.15) is 0 Å². The first-order valence-electron chi connectivity index (χ1n) is 31.6. The van der Waals surface area contributed by atoms with Crippen molar-refractivity contribution in [3.8, 4) is 0 Å². The summed E-state index contributed by atoms with van der Waals surface area (Å²) in [7, 11) is 0. The van der Waals surface area contributed by atoms with Crippen molar-refractivity contribution in [2.45, 2.75) is 280 Å². The van der Waals surface area contributed by atoms with Crippen LogP contribution in [0.3, 0.4) is 0 Å². The Kier molecular flexibility index (Phi) is 19.4. The number of nitrogens with one attached hydrogen (secondary N) is 8. The molecule has 4 saturated carbocycles. The summed E-state index contributed by atoms with van der Waals surface area (Å²) >= 11 is 0. The fourth-order valence-electron chi connectivity index (χ4n) is 18.2. The lowest BCUT2D eigenvalue weighted by Gasteiger charge is -2.45. The van der Waals surface area contributed by atoms with Crippen molar-refractivity contribution in [3.05, 3.63) is 0 Å². The number of hydrogen-bond acceptors (Lipinski definition) is 13. The van der Waals surface area contributed by atoms with Gasteiger partial charge in [0.05, 0.1) is 98.2 Å². The van der Waals surface area contributed by atoms with E-state index in [9.17, 15) is 5.11 Å². The van der Waals surface area contributed by atoms with Crippen LogP contribution in [0.1, 0.15) is 181 Å². The molecular weight excluding hydrogens is 925 g/mol. The fourth-order valence-corrected chi connectivity index (χ4v) is 18.2. The quantitative estimate of drug-likeness (QED) is 0.0685. The molecule has 9 rings (SSSR count). The first-order chi connectivity index (χ1) is 35.3. The summed E-state index contributed by atoms with van der Waals surface area (Å²) in [5, 5.41) is 46.7. The lowest BCUT2D eigenvalue weighted by atomic mass is 9.69. The lowest BCUT2D eigenvalue weighted by Crippen LogP contribution is -2.62. The highest BCUT2D eigenvalue weighted by molar-refractivity contribution is 5.13. The number of hydrogen-bond donors (Lipinski definition) is 9. The van der Waals surface area contributed by atoms with E-state index in [0.717, 1.165) is 57.8 Å². The number of aliphatic hydroxyl groups excluding tert-OH is 1. The third kappa shape index (κ3) is 11.9. The molecule has 21 unspecified atom stereocenters. The average molecular weight is 1040 g/mol. The van der Waals surface area contributed by atoms with E-state index in [0.29, 0.717) is 76.9 Å². The van der Waals surface area contributed by atoms with Crippen molar-refractivity contribution in [2.24, 2.45) is 101 Å². The summed E-state index contributed by atoms with van der Waals surface area (Å²) < 4.78 is 29.9. The number of fused-ring (bicyclic) bond motifs is 20. The second-order valence-electron chi connectivity index (χ2n) is 28.9. The first-order valence-corrected chi connectivity index (χ1v) is 31.6. The van der Waals surface area contributed by atoms with Gasteiger partial charge < -0.3 is 24.1 Å². The molecule has 8 bridgehead atoms. The molecule has 5 heterocycles. The average Bonchev–Trinajstić information content (AvgIpc) is 4.09. The highest BCUT2D eigenvalue weighted by Gasteiger charge is 2.60. The summed E-state index contributed by atoms with van der Waals surface area (Å²) in [6.07, 6.45) is 13.8. The fraction of sp³-hybridized carbons (Fsp3) is 1.00. The van der Waals surface area contributed by atoms with Gasteiger partial charge in [-0.2, -0.15) is 0 Å². The molecule has 4 aliphatic carbocycles. The van der Waals surface area contributed by atoms with E-state index in [1.165, 1.54) is 12.8 Å². The van der Waals surface area contributed by atoms with Gasteiger partial charge >= 0.3 is 0 Å². The Morgan fingerprint density at radius 2 is 0.541 bits per heavy atom. The summed E-state index contributed by atoms with van der Waals surface area (Å²) in [5.74, 6) is 5.99. The largest absolute Gasteiger partial charge is 0.396 e. The Balaban J connectivity index is 1.14. The molecule has 0 spiro atoms. The molecule has 21 atom stereocenters. The van der Waals surface area contributed by atoms with Crippen molar-refractivity contribution in [1.82, 2.24) is 42.5 Å². The molecule has 9 N–H and O–H groups in total. The predicted octanol–water partition coefficient (Wildman–Crippen LogP) is 8.53. The maximum atomic E-state index is 11.5. The summed E-state index contributed by atoms with van der Waals surface area (Å²) in [5.41, 5.74) is 0. The number of ether oxygens (including phenoxy) is 4. The van der Waals surface area contributed by atoms with Crippen molar-refractivity contribution < 1.29 is 24.1 Å². The Bertz CT molecular complexity index is 1720. The van der Waals surface area contributed by atoms with Crippen molar-refractivity contribution in [3.63, 3.8) is 0 Å². The Morgan fingerprint density at radius 3 is 0.811 bits per heavy atom. The Hall–Kier alpha value is -0.520. The van der Waals surface area contributed by atoms with Crippen LogP contribution < -0.4 is 42.5 Å². The molecule has 0 amide bonds. The second kappa shape index (κ2) is 24.7. The van der Waals surface area contributed by atoms with Crippen LogP contribution >= 0.6 is 0 Å². The van der Waals surface area contributed by atoms with Gasteiger partial charge in [-0.05, 0) is 122 Å². The SMILES string of the molecule is CC(C)C(OC1CCCC2C3NC(NC4NC(NC5NC(NC6NC(N3)C3C(OC(C(C)C)C(C)C)CCCC63)C3C(OC(C(C)C)C(C)C)CCC(CO)C53)C3C(OC(C(C)C)C(C)C)CCCC43)C12)C(C)C. The molecule has 9 fully saturated rings. The van der Waals surface area contributed by atoms with Gasteiger partial charge in [0.25, 0.3) is 0 Å². The van der Waals surface area contributed by atoms with Crippen LogP contribution in [-0.4, -0.2) is 110 Å². The third-order valence-corrected chi connectivity index (χ3v) is 21.0. The summed E-state index contributed by atoms with van der Waals surface area (Å²) in [6, 6.07) is 0. The van der Waals surface area contributed by atoms with Crippen LogP contribution in [0.15, 0.2) is 0 Å². The zero-order chi connectivity index (χ0) is 53.0. The van der Waals surface area contributed by atoms with Gasteiger partial charge in [0, 0.05) is 36.2 Å².